The molecule has 0 amide bonds. The van der Waals surface area contributed by atoms with Crippen molar-refractivity contribution in [3.8, 4) is 0 Å². The van der Waals surface area contributed by atoms with Crippen LogP contribution >= 0.6 is 35.6 Å². The quantitative estimate of drug-likeness (QED) is 0.157. The fourth-order valence-corrected chi connectivity index (χ4v) is 3.23. The monoisotopic (exact) mass is 547 g/mol. The highest BCUT2D eigenvalue weighted by molar-refractivity contribution is 14.0. The third-order valence-corrected chi connectivity index (χ3v) is 4.97. The van der Waals surface area contributed by atoms with Crippen LogP contribution in [-0.2, 0) is 17.6 Å². The van der Waals surface area contributed by atoms with Gasteiger partial charge in [0.15, 0.2) is 5.96 Å². The van der Waals surface area contributed by atoms with E-state index in [-0.39, 0.29) is 24.0 Å². The molecule has 2 N–H and O–H groups in total. The maximum absolute atomic E-state index is 5.85. The Kier molecular flexibility index (Phi) is 12.1. The van der Waals surface area contributed by atoms with Crippen molar-refractivity contribution in [1.29, 1.82) is 0 Å². The number of nitrogens with zero attached hydrogens (tertiary/aromatic N) is 3. The lowest BCUT2D eigenvalue weighted by atomic mass is 10.2. The predicted molar refractivity (Wildman–Crippen MR) is 131 cm³/mol. The Hall–Kier alpha value is -1.36. The molecular weight excluding hydrogens is 517 g/mol. The molecule has 30 heavy (non-hydrogen) atoms. The van der Waals surface area contributed by atoms with E-state index >= 15 is 0 Å². The molecule has 0 aromatic carbocycles. The second-order valence-corrected chi connectivity index (χ2v) is 7.35. The molecule has 0 radical (unpaired) electrons. The van der Waals surface area contributed by atoms with Crippen molar-refractivity contribution in [2.45, 2.75) is 19.3 Å². The lowest BCUT2D eigenvalue weighted by Crippen LogP contribution is -2.40. The molecule has 0 atom stereocenters. The molecule has 0 saturated carbocycles. The lowest BCUT2D eigenvalue weighted by molar-refractivity contribution is 0.0377. The van der Waals surface area contributed by atoms with Gasteiger partial charge >= 0.3 is 0 Å². The number of hydrogen-bond acceptors (Lipinski definition) is 5. The minimum Gasteiger partial charge on any atom is -0.469 e. The van der Waals surface area contributed by atoms with Crippen molar-refractivity contribution in [2.75, 3.05) is 52.5 Å². The number of aromatic nitrogens is 1. The Morgan fingerprint density at radius 3 is 2.63 bits per heavy atom. The summed E-state index contributed by atoms with van der Waals surface area (Å²) in [6.45, 7) is 7.11. The number of ether oxygens (including phenoxy) is 1. The van der Waals surface area contributed by atoms with E-state index in [4.69, 9.17) is 25.7 Å². The molecule has 166 valence electrons. The van der Waals surface area contributed by atoms with Crippen molar-refractivity contribution in [3.63, 3.8) is 0 Å². The van der Waals surface area contributed by atoms with Crippen LogP contribution < -0.4 is 10.6 Å². The van der Waals surface area contributed by atoms with Gasteiger partial charge in [0.05, 0.1) is 19.5 Å². The zero-order chi connectivity index (χ0) is 20.2. The average molecular weight is 548 g/mol. The number of halogens is 2. The normalized spacial score (nSPS) is 14.9. The largest absolute Gasteiger partial charge is 0.469 e. The molecular formula is C21H31ClIN5O2. The van der Waals surface area contributed by atoms with Gasteiger partial charge < -0.3 is 19.8 Å². The van der Waals surface area contributed by atoms with E-state index in [1.807, 2.05) is 30.5 Å². The van der Waals surface area contributed by atoms with Crippen LogP contribution in [0.25, 0.3) is 0 Å². The molecule has 0 unspecified atom stereocenters. The van der Waals surface area contributed by atoms with Crippen molar-refractivity contribution >= 4 is 41.5 Å². The van der Waals surface area contributed by atoms with Crippen LogP contribution in [0.3, 0.4) is 0 Å². The Labute approximate surface area is 200 Å². The van der Waals surface area contributed by atoms with Gasteiger partial charge in [0.25, 0.3) is 0 Å². The van der Waals surface area contributed by atoms with Gasteiger partial charge in [-0.3, -0.25) is 9.89 Å². The van der Waals surface area contributed by atoms with E-state index < -0.39 is 0 Å². The summed E-state index contributed by atoms with van der Waals surface area (Å²) in [5, 5.41) is 7.33. The number of guanidine groups is 1. The van der Waals surface area contributed by atoms with Crippen LogP contribution in [0.2, 0.25) is 5.15 Å². The van der Waals surface area contributed by atoms with Crippen molar-refractivity contribution < 1.29 is 9.15 Å². The van der Waals surface area contributed by atoms with Gasteiger partial charge in [0.2, 0.25) is 0 Å². The van der Waals surface area contributed by atoms with Crippen molar-refractivity contribution in [3.05, 3.63) is 53.2 Å². The first-order chi connectivity index (χ1) is 14.3. The van der Waals surface area contributed by atoms with Gasteiger partial charge in [-0.1, -0.05) is 17.7 Å². The van der Waals surface area contributed by atoms with Crippen LogP contribution in [0, 0.1) is 0 Å². The fraction of sp³-hybridized carbons (Fsp3) is 0.524. The Morgan fingerprint density at radius 2 is 1.93 bits per heavy atom. The fourth-order valence-electron chi connectivity index (χ4n) is 3.12. The Balaban J connectivity index is 0.00000320. The number of nitrogens with one attached hydrogen (secondary N) is 2. The third kappa shape index (κ3) is 9.63. The predicted octanol–water partition coefficient (Wildman–Crippen LogP) is 2.99. The van der Waals surface area contributed by atoms with Crippen LogP contribution in [0.5, 0.6) is 0 Å². The van der Waals surface area contributed by atoms with Crippen molar-refractivity contribution in [1.82, 2.24) is 20.5 Å². The molecule has 9 heteroatoms. The molecule has 2 aromatic heterocycles. The number of aliphatic imine (C=N–C) groups is 1. The molecule has 1 fully saturated rings. The summed E-state index contributed by atoms with van der Waals surface area (Å²) in [6.07, 6.45) is 6.23. The Bertz CT molecular complexity index is 722. The highest BCUT2D eigenvalue weighted by atomic mass is 127. The molecule has 0 spiro atoms. The van der Waals surface area contributed by atoms with E-state index in [9.17, 15) is 0 Å². The second kappa shape index (κ2) is 14.6. The summed E-state index contributed by atoms with van der Waals surface area (Å²) in [4.78, 5) is 11.3. The van der Waals surface area contributed by atoms with Crippen LogP contribution in [0.15, 0.2) is 46.1 Å². The number of hydrogen-bond donors (Lipinski definition) is 2. The second-order valence-electron chi connectivity index (χ2n) is 6.96. The maximum Gasteiger partial charge on any atom is 0.191 e. The summed E-state index contributed by atoms with van der Waals surface area (Å²) in [7, 11) is 0. The van der Waals surface area contributed by atoms with Gasteiger partial charge in [0.1, 0.15) is 10.9 Å². The smallest absolute Gasteiger partial charge is 0.191 e. The van der Waals surface area contributed by atoms with Crippen LogP contribution in [0.1, 0.15) is 17.7 Å². The van der Waals surface area contributed by atoms with Crippen LogP contribution in [0.4, 0.5) is 0 Å². The van der Waals surface area contributed by atoms with E-state index in [2.05, 4.69) is 20.5 Å². The minimum atomic E-state index is 0. The Morgan fingerprint density at radius 1 is 1.13 bits per heavy atom. The molecule has 2 aromatic rings. The average Bonchev–Trinajstić information content (AvgIpc) is 3.26. The van der Waals surface area contributed by atoms with Gasteiger partial charge in [0, 0.05) is 51.9 Å². The van der Waals surface area contributed by atoms with Gasteiger partial charge in [-0.15, -0.1) is 24.0 Å². The van der Waals surface area contributed by atoms with Gasteiger partial charge in [-0.05, 0) is 36.6 Å². The zero-order valence-electron chi connectivity index (χ0n) is 17.2. The minimum absolute atomic E-state index is 0. The van der Waals surface area contributed by atoms with Crippen LogP contribution in [-0.4, -0.2) is 68.3 Å². The van der Waals surface area contributed by atoms with E-state index in [1.165, 1.54) is 0 Å². The zero-order valence-corrected chi connectivity index (χ0v) is 20.3. The first-order valence-electron chi connectivity index (χ1n) is 10.2. The third-order valence-electron chi connectivity index (χ3n) is 4.74. The lowest BCUT2D eigenvalue weighted by Gasteiger charge is -2.26. The summed E-state index contributed by atoms with van der Waals surface area (Å²) in [5.41, 5.74) is 1.14. The highest BCUT2D eigenvalue weighted by Crippen LogP contribution is 2.05. The van der Waals surface area contributed by atoms with Gasteiger partial charge in [-0.25, -0.2) is 4.98 Å². The summed E-state index contributed by atoms with van der Waals surface area (Å²) in [6, 6.07) is 7.72. The van der Waals surface area contributed by atoms with E-state index in [1.54, 1.807) is 6.26 Å². The maximum atomic E-state index is 5.85. The molecule has 1 saturated heterocycles. The van der Waals surface area contributed by atoms with E-state index in [0.29, 0.717) is 5.15 Å². The highest BCUT2D eigenvalue weighted by Gasteiger charge is 2.09. The summed E-state index contributed by atoms with van der Waals surface area (Å²) in [5.74, 6) is 1.80. The molecule has 1 aliphatic rings. The summed E-state index contributed by atoms with van der Waals surface area (Å²) < 4.78 is 10.8. The molecule has 0 aliphatic carbocycles. The molecule has 1 aliphatic heterocycles. The topological polar surface area (TPSA) is 74.9 Å². The molecule has 3 heterocycles. The van der Waals surface area contributed by atoms with Crippen molar-refractivity contribution in [2.24, 2.45) is 4.99 Å². The molecule has 7 nitrogen and oxygen atoms in total. The number of pyridine rings is 1. The van der Waals surface area contributed by atoms with E-state index in [0.717, 1.165) is 89.0 Å². The SMILES string of the molecule is Clc1ccc(CCNC(=NCCCN2CCOCC2)NCCc2ccco2)cn1.I. The molecule has 0 bridgehead atoms. The van der Waals surface area contributed by atoms with Gasteiger partial charge in [-0.2, -0.15) is 0 Å². The first kappa shape index (κ1) is 24.9. The first-order valence-corrected chi connectivity index (χ1v) is 10.6. The standard InChI is InChI=1S/C21H30ClN5O2.HI/c22-20-5-4-18(17-26-20)6-9-24-21(25-10-7-19-3-1-14-29-19)23-8-2-11-27-12-15-28-16-13-27;/h1,3-5,14,17H,2,6-13,15-16H2,(H2,23,24,25);1H. The number of furan rings is 1. The summed E-state index contributed by atoms with van der Waals surface area (Å²) >= 11 is 5.85. The number of rotatable bonds is 10. The molecule has 3 rings (SSSR count). The number of morpholine rings is 1.